The number of hydrogen-bond donors (Lipinski definition) is 3. The highest BCUT2D eigenvalue weighted by atomic mass is 32.1. The van der Waals surface area contributed by atoms with Crippen molar-refractivity contribution in [3.05, 3.63) is 71.1 Å². The molecule has 0 aromatic rings. The van der Waals surface area contributed by atoms with E-state index in [1.54, 1.807) is 26.5 Å². The molecule has 0 saturated heterocycles. The minimum absolute atomic E-state index is 0.121. The molecule has 0 unspecified atom stereocenters. The van der Waals surface area contributed by atoms with Crippen LogP contribution in [0.3, 0.4) is 0 Å². The Kier molecular flexibility index (Phi) is 14.7. The van der Waals surface area contributed by atoms with E-state index in [4.69, 9.17) is 19.6 Å². The number of aliphatic imine (C=N–C) groups is 1. The van der Waals surface area contributed by atoms with Crippen LogP contribution in [0.4, 0.5) is 0 Å². The molecular weight excluding hydrogens is 398 g/mol. The van der Waals surface area contributed by atoms with Crippen molar-refractivity contribution in [3.63, 3.8) is 0 Å². The zero-order valence-electron chi connectivity index (χ0n) is 18.7. The van der Waals surface area contributed by atoms with E-state index in [0.717, 1.165) is 23.3 Å². The Balaban J connectivity index is 5.17. The lowest BCUT2D eigenvalue weighted by molar-refractivity contribution is 0.202. The summed E-state index contributed by atoms with van der Waals surface area (Å²) >= 11 is 4.11. The molecule has 0 atom stereocenters. The van der Waals surface area contributed by atoms with Crippen LogP contribution in [0.25, 0.3) is 0 Å². The van der Waals surface area contributed by atoms with Crippen LogP contribution in [0, 0.1) is 5.41 Å². The second-order valence-corrected chi connectivity index (χ2v) is 6.74. The van der Waals surface area contributed by atoms with E-state index < -0.39 is 0 Å². The molecule has 0 aromatic heterocycles. The summed E-state index contributed by atoms with van der Waals surface area (Å²) in [6, 6.07) is 0. The third kappa shape index (κ3) is 11.4. The molecule has 6 nitrogen and oxygen atoms in total. The quantitative estimate of drug-likeness (QED) is 0.0660. The number of allylic oxidation sites excluding steroid dienone is 6. The monoisotopic (exact) mass is 433 g/mol. The maximum Gasteiger partial charge on any atom is 0.156 e. The maximum absolute atomic E-state index is 7.92. The SMILES string of the molecule is C=C/C(=C\C/C=C(\C)CO/C(C)=C(/C=C(\C)CC(=CNCS)C(=N)N=C)OC)OC. The summed E-state index contributed by atoms with van der Waals surface area (Å²) in [4.78, 5) is 3.71. The number of amidine groups is 1. The van der Waals surface area contributed by atoms with Crippen molar-refractivity contribution < 1.29 is 14.2 Å². The Hall–Kier alpha value is -2.67. The van der Waals surface area contributed by atoms with E-state index in [2.05, 4.69) is 42.3 Å². The van der Waals surface area contributed by atoms with Gasteiger partial charge in [-0.3, -0.25) is 5.41 Å². The zero-order valence-corrected chi connectivity index (χ0v) is 19.6. The lowest BCUT2D eigenvalue weighted by Gasteiger charge is -2.12. The lowest BCUT2D eigenvalue weighted by Crippen LogP contribution is -2.07. The summed E-state index contributed by atoms with van der Waals surface area (Å²) in [6.07, 6.45) is 10.6. The van der Waals surface area contributed by atoms with Gasteiger partial charge < -0.3 is 19.5 Å². The summed E-state index contributed by atoms with van der Waals surface area (Å²) in [5.74, 6) is 2.65. The largest absolute Gasteiger partial charge is 0.497 e. The van der Waals surface area contributed by atoms with Gasteiger partial charge in [0.25, 0.3) is 0 Å². The van der Waals surface area contributed by atoms with E-state index in [9.17, 15) is 0 Å². The van der Waals surface area contributed by atoms with E-state index in [0.29, 0.717) is 36.0 Å². The Morgan fingerprint density at radius 3 is 2.37 bits per heavy atom. The number of hydrogen-bond acceptors (Lipinski definition) is 6. The van der Waals surface area contributed by atoms with Gasteiger partial charge in [-0.05, 0) is 64.1 Å². The zero-order chi connectivity index (χ0) is 22.9. The molecule has 0 amide bonds. The summed E-state index contributed by atoms with van der Waals surface area (Å²) in [5, 5.41) is 10.9. The van der Waals surface area contributed by atoms with Gasteiger partial charge >= 0.3 is 0 Å². The number of thiol groups is 1. The van der Waals surface area contributed by atoms with Gasteiger partial charge in [0.05, 0.1) is 20.1 Å². The topological polar surface area (TPSA) is 75.9 Å². The van der Waals surface area contributed by atoms with Crippen LogP contribution in [-0.2, 0) is 14.2 Å². The third-order valence-electron chi connectivity index (χ3n) is 3.98. The average molecular weight is 434 g/mol. The first-order valence-electron chi connectivity index (χ1n) is 9.48. The molecule has 0 aliphatic heterocycles. The number of rotatable bonds is 14. The highest BCUT2D eigenvalue weighted by molar-refractivity contribution is 7.80. The second kappa shape index (κ2) is 16.2. The molecule has 0 rings (SSSR count). The molecule has 0 aliphatic carbocycles. The first-order valence-corrected chi connectivity index (χ1v) is 10.1. The van der Waals surface area contributed by atoms with Crippen LogP contribution in [0.2, 0.25) is 0 Å². The minimum Gasteiger partial charge on any atom is -0.497 e. The lowest BCUT2D eigenvalue weighted by atomic mass is 10.1. The van der Waals surface area contributed by atoms with Crippen LogP contribution in [0.5, 0.6) is 0 Å². The van der Waals surface area contributed by atoms with Crippen LogP contribution in [-0.4, -0.2) is 39.3 Å². The normalized spacial score (nSPS) is 13.9. The molecule has 0 saturated carbocycles. The van der Waals surface area contributed by atoms with Crippen LogP contribution < -0.4 is 5.32 Å². The smallest absolute Gasteiger partial charge is 0.156 e. The minimum atomic E-state index is 0.121. The average Bonchev–Trinajstić information content (AvgIpc) is 2.75. The Morgan fingerprint density at radius 1 is 1.13 bits per heavy atom. The van der Waals surface area contributed by atoms with Crippen molar-refractivity contribution in [3.8, 4) is 0 Å². The first-order chi connectivity index (χ1) is 14.3. The van der Waals surface area contributed by atoms with Gasteiger partial charge in [0.1, 0.15) is 24.0 Å². The molecule has 0 aromatic carbocycles. The predicted molar refractivity (Wildman–Crippen MR) is 130 cm³/mol. The molecule has 0 fully saturated rings. The molecular formula is C23H35N3O3S. The van der Waals surface area contributed by atoms with Crippen molar-refractivity contribution in [1.29, 1.82) is 5.41 Å². The van der Waals surface area contributed by atoms with Crippen molar-refractivity contribution in [1.82, 2.24) is 5.32 Å². The molecule has 30 heavy (non-hydrogen) atoms. The molecule has 0 bridgehead atoms. The molecule has 0 heterocycles. The summed E-state index contributed by atoms with van der Waals surface area (Å²) < 4.78 is 16.5. The van der Waals surface area contributed by atoms with Crippen molar-refractivity contribution in [2.24, 2.45) is 4.99 Å². The number of methoxy groups -OCH3 is 2. The van der Waals surface area contributed by atoms with Gasteiger partial charge in [-0.1, -0.05) is 18.2 Å². The number of ether oxygens (including phenoxy) is 3. The van der Waals surface area contributed by atoms with Crippen molar-refractivity contribution >= 4 is 25.2 Å². The number of nitrogens with zero attached hydrogens (tertiary/aromatic N) is 1. The maximum atomic E-state index is 7.92. The summed E-state index contributed by atoms with van der Waals surface area (Å²) in [7, 11) is 3.23. The van der Waals surface area contributed by atoms with Crippen LogP contribution >= 0.6 is 12.6 Å². The van der Waals surface area contributed by atoms with Crippen molar-refractivity contribution in [2.75, 3.05) is 26.7 Å². The molecule has 0 spiro atoms. The second-order valence-electron chi connectivity index (χ2n) is 6.42. The molecule has 0 radical (unpaired) electrons. The van der Waals surface area contributed by atoms with Gasteiger partial charge in [0.15, 0.2) is 5.76 Å². The van der Waals surface area contributed by atoms with Gasteiger partial charge in [0, 0.05) is 11.8 Å². The highest BCUT2D eigenvalue weighted by Gasteiger charge is 2.07. The fraction of sp³-hybridized carbons (Fsp3) is 0.391. The Morgan fingerprint density at radius 2 is 1.83 bits per heavy atom. The number of nitrogens with one attached hydrogen (secondary N) is 2. The van der Waals surface area contributed by atoms with E-state index in [-0.39, 0.29) is 5.84 Å². The van der Waals surface area contributed by atoms with Gasteiger partial charge in [-0.15, -0.1) is 0 Å². The van der Waals surface area contributed by atoms with Crippen molar-refractivity contribution in [2.45, 2.75) is 33.6 Å². The predicted octanol–water partition coefficient (Wildman–Crippen LogP) is 5.31. The molecule has 7 heteroatoms. The van der Waals surface area contributed by atoms with Gasteiger partial charge in [-0.25, -0.2) is 4.99 Å². The van der Waals surface area contributed by atoms with E-state index in [1.807, 2.05) is 32.9 Å². The van der Waals surface area contributed by atoms with Crippen LogP contribution in [0.1, 0.15) is 33.6 Å². The van der Waals surface area contributed by atoms with Gasteiger partial charge in [-0.2, -0.15) is 12.6 Å². The third-order valence-corrected chi connectivity index (χ3v) is 4.16. The van der Waals surface area contributed by atoms with Crippen LogP contribution in [0.15, 0.2) is 76.1 Å². The fourth-order valence-electron chi connectivity index (χ4n) is 2.33. The highest BCUT2D eigenvalue weighted by Crippen LogP contribution is 2.17. The van der Waals surface area contributed by atoms with E-state index in [1.165, 1.54) is 0 Å². The summed E-state index contributed by atoms with van der Waals surface area (Å²) in [5.41, 5.74) is 2.79. The molecule has 0 aliphatic rings. The summed E-state index contributed by atoms with van der Waals surface area (Å²) in [6.45, 7) is 13.4. The molecule has 2 N–H and O–H groups in total. The van der Waals surface area contributed by atoms with E-state index >= 15 is 0 Å². The Labute approximate surface area is 186 Å². The fourth-order valence-corrected chi connectivity index (χ4v) is 2.42. The first kappa shape index (κ1) is 27.3. The molecule has 166 valence electrons. The Bertz CT molecular complexity index is 747. The van der Waals surface area contributed by atoms with Gasteiger partial charge in [0.2, 0.25) is 0 Å². The standard InChI is InChI=1S/C23H35N3O3S/c1-8-21(27-6)11-9-10-17(2)15-29-19(4)22(28-7)13-18(3)12-20(14-26-16-30)23(24)25-5/h8,10-11,13-14,24,26,30H,1,5,9,12,15-16H2,2-4,6-7H3/b17-10+,18-13+,20-14?,21-11+,22-19-,24-23?.